The van der Waals surface area contributed by atoms with Gasteiger partial charge in [-0.1, -0.05) is 25.1 Å². The van der Waals surface area contributed by atoms with Gasteiger partial charge in [0.15, 0.2) is 0 Å². The molecule has 1 aromatic carbocycles. The average molecular weight is 550 g/mol. The quantitative estimate of drug-likeness (QED) is 0.126. The third kappa shape index (κ3) is 5.76. The predicted molar refractivity (Wildman–Crippen MR) is 133 cm³/mol. The second kappa shape index (κ2) is 10.8. The number of nitrogens with one attached hydrogen (secondary N) is 1. The van der Waals surface area contributed by atoms with Crippen molar-refractivity contribution in [1.29, 1.82) is 0 Å². The molecule has 9 heteroatoms. The zero-order valence-electron chi connectivity index (χ0n) is 18.3. The first-order chi connectivity index (χ1) is 15.3. The van der Waals surface area contributed by atoms with Crippen molar-refractivity contribution in [1.82, 2.24) is 9.78 Å². The fourth-order valence-corrected chi connectivity index (χ4v) is 3.89. The van der Waals surface area contributed by atoms with Crippen LogP contribution in [0.15, 0.2) is 45.3 Å². The summed E-state index contributed by atoms with van der Waals surface area (Å²) in [5, 5.41) is 20.7. The Hall–Kier alpha value is -2.69. The van der Waals surface area contributed by atoms with Crippen LogP contribution in [0.1, 0.15) is 45.6 Å². The number of ether oxygens (including phenoxy) is 1. The zero-order chi connectivity index (χ0) is 23.3. The van der Waals surface area contributed by atoms with Crippen molar-refractivity contribution in [3.63, 3.8) is 0 Å². The molecule has 0 bridgehead atoms. The van der Waals surface area contributed by atoms with Crippen LogP contribution in [0.25, 0.3) is 10.9 Å². The van der Waals surface area contributed by atoms with Crippen LogP contribution < -0.4 is 10.1 Å². The molecule has 2 aromatic rings. The van der Waals surface area contributed by atoms with Gasteiger partial charge in [-0.05, 0) is 59.6 Å². The van der Waals surface area contributed by atoms with E-state index in [-0.39, 0.29) is 17.9 Å². The number of allylic oxidation sites excluding steroid dienone is 3. The third-order valence-electron chi connectivity index (χ3n) is 5.41. The minimum atomic E-state index is -0.280. The average Bonchev–Trinajstić information content (AvgIpc) is 3.18. The van der Waals surface area contributed by atoms with E-state index in [4.69, 9.17) is 9.94 Å². The van der Waals surface area contributed by atoms with E-state index >= 15 is 0 Å². The Labute approximate surface area is 200 Å². The molecule has 0 unspecified atom stereocenters. The van der Waals surface area contributed by atoms with E-state index in [1.54, 1.807) is 31.4 Å². The Bertz CT molecular complexity index is 1090. The molecule has 8 nitrogen and oxygen atoms in total. The van der Waals surface area contributed by atoms with E-state index in [2.05, 4.69) is 15.6 Å². The highest BCUT2D eigenvalue weighted by molar-refractivity contribution is 14.1. The topological polar surface area (TPSA) is 106 Å². The third-order valence-corrected chi connectivity index (χ3v) is 6.26. The molecule has 1 aliphatic carbocycles. The number of carbonyl (C=O) groups is 2. The van der Waals surface area contributed by atoms with Gasteiger partial charge in [-0.2, -0.15) is 5.10 Å². The van der Waals surface area contributed by atoms with Gasteiger partial charge in [0, 0.05) is 30.5 Å². The summed E-state index contributed by atoms with van der Waals surface area (Å²) in [6, 6.07) is 3.86. The SMILES string of the molecule is COc1cc2nn(C3CCC(=O)CC3)cc2cc1NC(=O)/C(I)=C/C=C\C(=N\O)C(C)C. The maximum absolute atomic E-state index is 12.7. The van der Waals surface area contributed by atoms with Gasteiger partial charge in [0.2, 0.25) is 0 Å². The summed E-state index contributed by atoms with van der Waals surface area (Å²) in [4.78, 5) is 24.2. The van der Waals surface area contributed by atoms with Gasteiger partial charge in [0.25, 0.3) is 5.91 Å². The number of ketones is 1. The number of oxime groups is 1. The molecular formula is C23H27IN4O4. The summed E-state index contributed by atoms with van der Waals surface area (Å²) in [5.74, 6) is 0.621. The van der Waals surface area contributed by atoms with Crippen molar-refractivity contribution in [2.24, 2.45) is 11.1 Å². The summed E-state index contributed by atoms with van der Waals surface area (Å²) in [5.41, 5.74) is 1.85. The molecule has 1 amide bonds. The van der Waals surface area contributed by atoms with E-state index in [1.165, 1.54) is 0 Å². The Kier molecular flexibility index (Phi) is 8.05. The number of halogens is 1. The van der Waals surface area contributed by atoms with Crippen molar-refractivity contribution in [3.05, 3.63) is 40.1 Å². The molecule has 0 radical (unpaired) electrons. The first-order valence-electron chi connectivity index (χ1n) is 10.5. The van der Waals surface area contributed by atoms with Crippen LogP contribution in [0.2, 0.25) is 0 Å². The molecule has 0 atom stereocenters. The lowest BCUT2D eigenvalue weighted by Gasteiger charge is -2.20. The molecule has 1 aliphatic rings. The van der Waals surface area contributed by atoms with Gasteiger partial charge in [0.1, 0.15) is 11.5 Å². The standard InChI is InChI=1S/C23H27IN4O4/c1-14(2)19(27-31)6-4-5-18(24)23(30)25-21-11-15-13-28(16-7-9-17(29)10-8-16)26-20(15)12-22(21)32-3/h4-6,11-14,16,31H,7-10H2,1-3H3,(H,25,30)/b6-4-,18-5-,27-19-. The predicted octanol–water partition coefficient (Wildman–Crippen LogP) is 5.03. The maximum Gasteiger partial charge on any atom is 0.261 e. The van der Waals surface area contributed by atoms with Gasteiger partial charge in [-0.3, -0.25) is 14.3 Å². The van der Waals surface area contributed by atoms with Crippen LogP contribution in [0.3, 0.4) is 0 Å². The molecular weight excluding hydrogens is 523 g/mol. The van der Waals surface area contributed by atoms with E-state index in [1.807, 2.05) is 53.4 Å². The highest BCUT2D eigenvalue weighted by Gasteiger charge is 2.21. The molecule has 2 N–H and O–H groups in total. The second-order valence-corrected chi connectivity index (χ2v) is 9.16. The number of anilines is 1. The van der Waals surface area contributed by atoms with Crippen LogP contribution >= 0.6 is 22.6 Å². The molecule has 0 saturated heterocycles. The van der Waals surface area contributed by atoms with Crippen LogP contribution in [-0.4, -0.2) is 39.5 Å². The number of Topliss-reactive ketones (excluding diaryl/α,β-unsaturated/α-hetero) is 1. The molecule has 0 spiro atoms. The van der Waals surface area contributed by atoms with E-state index in [9.17, 15) is 9.59 Å². The van der Waals surface area contributed by atoms with E-state index < -0.39 is 0 Å². The number of nitrogens with zero attached hydrogens (tertiary/aromatic N) is 3. The van der Waals surface area contributed by atoms with Crippen LogP contribution in [-0.2, 0) is 9.59 Å². The number of amides is 1. The molecule has 32 heavy (non-hydrogen) atoms. The highest BCUT2D eigenvalue weighted by atomic mass is 127. The first-order valence-corrected chi connectivity index (χ1v) is 11.6. The van der Waals surface area contributed by atoms with Crippen molar-refractivity contribution in [2.45, 2.75) is 45.6 Å². The van der Waals surface area contributed by atoms with Gasteiger partial charge in [0.05, 0.1) is 33.6 Å². The molecule has 170 valence electrons. The lowest BCUT2D eigenvalue weighted by molar-refractivity contribution is -0.120. The normalized spacial score (nSPS) is 16.3. The smallest absolute Gasteiger partial charge is 0.261 e. The van der Waals surface area contributed by atoms with Gasteiger partial charge >= 0.3 is 0 Å². The highest BCUT2D eigenvalue weighted by Crippen LogP contribution is 2.33. The number of rotatable bonds is 7. The largest absolute Gasteiger partial charge is 0.494 e. The number of fused-ring (bicyclic) bond motifs is 1. The van der Waals surface area contributed by atoms with Crippen molar-refractivity contribution >= 4 is 56.6 Å². The summed E-state index contributed by atoms with van der Waals surface area (Å²) >= 11 is 1.96. The molecule has 1 heterocycles. The number of hydrogen-bond acceptors (Lipinski definition) is 6. The molecule has 1 saturated carbocycles. The number of aromatic nitrogens is 2. The van der Waals surface area contributed by atoms with Crippen molar-refractivity contribution in [3.8, 4) is 5.75 Å². The maximum atomic E-state index is 12.7. The molecule has 3 rings (SSSR count). The summed E-state index contributed by atoms with van der Waals surface area (Å²) in [6.07, 6.45) is 9.72. The van der Waals surface area contributed by atoms with Gasteiger partial charge < -0.3 is 15.3 Å². The Balaban J connectivity index is 1.78. The number of benzene rings is 1. The molecule has 0 aliphatic heterocycles. The summed E-state index contributed by atoms with van der Waals surface area (Å²) < 4.78 is 7.85. The zero-order valence-corrected chi connectivity index (χ0v) is 20.5. The molecule has 1 fully saturated rings. The number of hydrogen-bond donors (Lipinski definition) is 2. The van der Waals surface area contributed by atoms with Crippen LogP contribution in [0.4, 0.5) is 5.69 Å². The first kappa shape index (κ1) is 24.0. The van der Waals surface area contributed by atoms with Crippen molar-refractivity contribution in [2.75, 3.05) is 12.4 Å². The lowest BCUT2D eigenvalue weighted by Crippen LogP contribution is -2.18. The number of carbonyl (C=O) groups excluding carboxylic acids is 2. The van der Waals surface area contributed by atoms with Crippen LogP contribution in [0, 0.1) is 5.92 Å². The minimum absolute atomic E-state index is 0.0714. The monoisotopic (exact) mass is 550 g/mol. The van der Waals surface area contributed by atoms with E-state index in [0.29, 0.717) is 39.4 Å². The van der Waals surface area contributed by atoms with Crippen LogP contribution in [0.5, 0.6) is 5.75 Å². The summed E-state index contributed by atoms with van der Waals surface area (Å²) in [6.45, 7) is 3.83. The fraction of sp³-hybridized carbons (Fsp3) is 0.391. The Morgan fingerprint density at radius 1 is 1.38 bits per heavy atom. The summed E-state index contributed by atoms with van der Waals surface area (Å²) in [7, 11) is 1.55. The minimum Gasteiger partial charge on any atom is -0.494 e. The number of methoxy groups -OCH3 is 1. The lowest BCUT2D eigenvalue weighted by atomic mass is 9.95. The van der Waals surface area contributed by atoms with Gasteiger partial charge in [-0.25, -0.2) is 0 Å². The fourth-order valence-electron chi connectivity index (χ4n) is 3.54. The Morgan fingerprint density at radius 2 is 2.09 bits per heavy atom. The van der Waals surface area contributed by atoms with Gasteiger partial charge in [-0.15, -0.1) is 0 Å². The Morgan fingerprint density at radius 3 is 2.72 bits per heavy atom. The van der Waals surface area contributed by atoms with E-state index in [0.717, 1.165) is 23.7 Å². The second-order valence-electron chi connectivity index (χ2n) is 8.00. The van der Waals surface area contributed by atoms with Crippen molar-refractivity contribution < 1.29 is 19.5 Å². The molecule has 1 aromatic heterocycles.